The summed E-state index contributed by atoms with van der Waals surface area (Å²) in [5, 5.41) is 0. The highest BCUT2D eigenvalue weighted by atomic mass is 79.9. The molecule has 1 unspecified atom stereocenters. The molecule has 0 aliphatic heterocycles. The summed E-state index contributed by atoms with van der Waals surface area (Å²) < 4.78 is 6.38. The molecule has 0 saturated heterocycles. The van der Waals surface area contributed by atoms with E-state index in [2.05, 4.69) is 35.0 Å². The number of aryl methyl sites for hydroxylation is 1. The number of methoxy groups -OCH3 is 1. The third kappa shape index (κ3) is 2.57. The van der Waals surface area contributed by atoms with Gasteiger partial charge in [-0.2, -0.15) is 0 Å². The Morgan fingerprint density at radius 2 is 1.83 bits per heavy atom. The molecule has 0 bridgehead atoms. The summed E-state index contributed by atoms with van der Waals surface area (Å²) in [5.41, 5.74) is 9.66. The zero-order valence-corrected chi connectivity index (χ0v) is 12.1. The van der Waals surface area contributed by atoms with Crippen LogP contribution in [-0.2, 0) is 0 Å². The van der Waals surface area contributed by atoms with Gasteiger partial charge in [-0.05, 0) is 30.2 Å². The second kappa shape index (κ2) is 5.55. The Labute approximate surface area is 116 Å². The Morgan fingerprint density at radius 1 is 1.11 bits per heavy atom. The lowest BCUT2D eigenvalue weighted by Gasteiger charge is -2.18. The molecule has 94 valence electrons. The number of nitrogens with two attached hydrogens (primary N) is 1. The topological polar surface area (TPSA) is 35.2 Å². The molecule has 2 aromatic carbocycles. The number of hydrogen-bond acceptors (Lipinski definition) is 2. The van der Waals surface area contributed by atoms with Crippen molar-refractivity contribution in [2.45, 2.75) is 13.0 Å². The maximum absolute atomic E-state index is 6.35. The molecule has 0 heterocycles. The molecule has 2 nitrogen and oxygen atoms in total. The Bertz CT molecular complexity index is 554. The van der Waals surface area contributed by atoms with Gasteiger partial charge in [0, 0.05) is 10.0 Å². The lowest BCUT2D eigenvalue weighted by molar-refractivity contribution is 0.407. The highest BCUT2D eigenvalue weighted by Gasteiger charge is 2.15. The predicted octanol–water partition coefficient (Wildman–Crippen LogP) is 3.81. The molecule has 3 heteroatoms. The van der Waals surface area contributed by atoms with Gasteiger partial charge in [0.2, 0.25) is 0 Å². The van der Waals surface area contributed by atoms with Gasteiger partial charge in [-0.15, -0.1) is 0 Å². The van der Waals surface area contributed by atoms with Crippen molar-refractivity contribution < 1.29 is 4.74 Å². The van der Waals surface area contributed by atoms with E-state index < -0.39 is 0 Å². The number of rotatable bonds is 3. The second-order valence-corrected chi connectivity index (χ2v) is 5.14. The van der Waals surface area contributed by atoms with Crippen LogP contribution in [0, 0.1) is 6.92 Å². The Hall–Kier alpha value is -1.32. The molecule has 0 radical (unpaired) electrons. The molecular weight excluding hydrogens is 290 g/mol. The summed E-state index contributed by atoms with van der Waals surface area (Å²) in [6.45, 7) is 2.07. The molecule has 18 heavy (non-hydrogen) atoms. The first kappa shape index (κ1) is 13.1. The minimum absolute atomic E-state index is 0.172. The van der Waals surface area contributed by atoms with Crippen LogP contribution in [0.4, 0.5) is 0 Å². The number of ether oxygens (including phenoxy) is 1. The zero-order valence-electron chi connectivity index (χ0n) is 10.5. The molecule has 0 amide bonds. The highest BCUT2D eigenvalue weighted by Crippen LogP contribution is 2.31. The van der Waals surface area contributed by atoms with Crippen molar-refractivity contribution in [3.05, 3.63) is 63.6 Å². The van der Waals surface area contributed by atoms with E-state index in [-0.39, 0.29) is 6.04 Å². The molecule has 0 fully saturated rings. The van der Waals surface area contributed by atoms with Crippen LogP contribution in [0.15, 0.2) is 46.9 Å². The van der Waals surface area contributed by atoms with Gasteiger partial charge in [-0.25, -0.2) is 0 Å². The molecule has 0 aromatic heterocycles. The van der Waals surface area contributed by atoms with Crippen molar-refractivity contribution >= 4 is 15.9 Å². The van der Waals surface area contributed by atoms with Crippen LogP contribution in [0.3, 0.4) is 0 Å². The molecule has 1 atom stereocenters. The molecule has 0 spiro atoms. The van der Waals surface area contributed by atoms with Crippen molar-refractivity contribution in [1.82, 2.24) is 0 Å². The standard InChI is InChI=1S/C15H16BrNO/c1-10-5-3-4-6-12(10)15(17)13-8-7-11(16)9-14(13)18-2/h3-9,15H,17H2,1-2H3. The van der Waals surface area contributed by atoms with Crippen LogP contribution in [0.1, 0.15) is 22.7 Å². The van der Waals surface area contributed by atoms with Crippen molar-refractivity contribution in [2.24, 2.45) is 5.73 Å². The van der Waals surface area contributed by atoms with E-state index in [0.717, 1.165) is 21.3 Å². The second-order valence-electron chi connectivity index (χ2n) is 4.22. The zero-order chi connectivity index (χ0) is 13.1. The average molecular weight is 306 g/mol. The van der Waals surface area contributed by atoms with E-state index in [1.54, 1.807) is 7.11 Å². The van der Waals surface area contributed by atoms with Crippen LogP contribution in [0.25, 0.3) is 0 Å². The first-order chi connectivity index (χ1) is 8.63. The van der Waals surface area contributed by atoms with Gasteiger partial charge < -0.3 is 10.5 Å². The lowest BCUT2D eigenvalue weighted by atomic mass is 9.95. The predicted molar refractivity (Wildman–Crippen MR) is 77.9 cm³/mol. The summed E-state index contributed by atoms with van der Waals surface area (Å²) in [6.07, 6.45) is 0. The molecule has 0 aliphatic carbocycles. The number of benzene rings is 2. The Morgan fingerprint density at radius 3 is 2.50 bits per heavy atom. The van der Waals surface area contributed by atoms with Gasteiger partial charge >= 0.3 is 0 Å². The fourth-order valence-electron chi connectivity index (χ4n) is 2.05. The van der Waals surface area contributed by atoms with Gasteiger partial charge in [0.05, 0.1) is 13.2 Å². The highest BCUT2D eigenvalue weighted by molar-refractivity contribution is 9.10. The molecule has 2 rings (SSSR count). The summed E-state index contributed by atoms with van der Waals surface area (Å²) >= 11 is 3.44. The summed E-state index contributed by atoms with van der Waals surface area (Å²) in [4.78, 5) is 0. The Kier molecular flexibility index (Phi) is 4.04. The fourth-order valence-corrected chi connectivity index (χ4v) is 2.39. The van der Waals surface area contributed by atoms with Crippen LogP contribution in [-0.4, -0.2) is 7.11 Å². The minimum Gasteiger partial charge on any atom is -0.496 e. The summed E-state index contributed by atoms with van der Waals surface area (Å²) in [7, 11) is 1.66. The van der Waals surface area contributed by atoms with Crippen molar-refractivity contribution in [2.75, 3.05) is 7.11 Å². The van der Waals surface area contributed by atoms with E-state index in [1.165, 1.54) is 5.56 Å². The van der Waals surface area contributed by atoms with E-state index in [4.69, 9.17) is 10.5 Å². The van der Waals surface area contributed by atoms with E-state index in [1.807, 2.05) is 30.3 Å². The number of hydrogen-bond donors (Lipinski definition) is 1. The van der Waals surface area contributed by atoms with Crippen molar-refractivity contribution in [1.29, 1.82) is 0 Å². The SMILES string of the molecule is COc1cc(Br)ccc1C(N)c1ccccc1C. The minimum atomic E-state index is -0.172. The number of halogens is 1. The van der Waals surface area contributed by atoms with Gasteiger partial charge in [-0.1, -0.05) is 46.3 Å². The summed E-state index contributed by atoms with van der Waals surface area (Å²) in [5.74, 6) is 0.806. The molecular formula is C15H16BrNO. The van der Waals surface area contributed by atoms with E-state index in [0.29, 0.717) is 0 Å². The lowest BCUT2D eigenvalue weighted by Crippen LogP contribution is -2.14. The van der Waals surface area contributed by atoms with Crippen LogP contribution >= 0.6 is 15.9 Å². The van der Waals surface area contributed by atoms with Crippen LogP contribution < -0.4 is 10.5 Å². The molecule has 2 aromatic rings. The van der Waals surface area contributed by atoms with Crippen LogP contribution in [0.5, 0.6) is 5.75 Å². The summed E-state index contributed by atoms with van der Waals surface area (Å²) in [6, 6.07) is 13.9. The normalized spacial score (nSPS) is 12.2. The fraction of sp³-hybridized carbons (Fsp3) is 0.200. The quantitative estimate of drug-likeness (QED) is 0.936. The largest absolute Gasteiger partial charge is 0.496 e. The van der Waals surface area contributed by atoms with Crippen molar-refractivity contribution in [3.8, 4) is 5.75 Å². The maximum Gasteiger partial charge on any atom is 0.125 e. The first-order valence-corrected chi connectivity index (χ1v) is 6.57. The van der Waals surface area contributed by atoms with Gasteiger partial charge in [-0.3, -0.25) is 0 Å². The third-order valence-electron chi connectivity index (χ3n) is 3.05. The molecule has 0 aliphatic rings. The van der Waals surface area contributed by atoms with Crippen LogP contribution in [0.2, 0.25) is 0 Å². The Balaban J connectivity index is 2.46. The van der Waals surface area contributed by atoms with Gasteiger partial charge in [0.25, 0.3) is 0 Å². The average Bonchev–Trinajstić information content (AvgIpc) is 2.38. The molecule has 0 saturated carbocycles. The van der Waals surface area contributed by atoms with E-state index in [9.17, 15) is 0 Å². The van der Waals surface area contributed by atoms with Gasteiger partial charge in [0.1, 0.15) is 5.75 Å². The monoisotopic (exact) mass is 305 g/mol. The molecule has 2 N–H and O–H groups in total. The van der Waals surface area contributed by atoms with Crippen molar-refractivity contribution in [3.63, 3.8) is 0 Å². The smallest absolute Gasteiger partial charge is 0.125 e. The van der Waals surface area contributed by atoms with E-state index >= 15 is 0 Å². The third-order valence-corrected chi connectivity index (χ3v) is 3.55. The maximum atomic E-state index is 6.35. The van der Waals surface area contributed by atoms with Gasteiger partial charge in [0.15, 0.2) is 0 Å². The first-order valence-electron chi connectivity index (χ1n) is 5.78.